The number of likely N-dealkylation sites (tertiary alicyclic amines) is 1. The van der Waals surface area contributed by atoms with E-state index >= 15 is 0 Å². The zero-order chi connectivity index (χ0) is 12.7. The molecular formula is C12H23N3O2. The molecule has 1 unspecified atom stereocenters. The van der Waals surface area contributed by atoms with Gasteiger partial charge in [0.05, 0.1) is 6.54 Å². The van der Waals surface area contributed by atoms with Crippen molar-refractivity contribution >= 4 is 11.8 Å². The van der Waals surface area contributed by atoms with Gasteiger partial charge in [0, 0.05) is 19.5 Å². The van der Waals surface area contributed by atoms with E-state index in [1.807, 2.05) is 11.9 Å². The summed E-state index contributed by atoms with van der Waals surface area (Å²) in [4.78, 5) is 24.7. The first-order chi connectivity index (χ1) is 8.15. The molecule has 5 nitrogen and oxygen atoms in total. The van der Waals surface area contributed by atoms with E-state index in [-0.39, 0.29) is 18.4 Å². The minimum absolute atomic E-state index is 0.0426. The topological polar surface area (TPSA) is 61.4 Å². The summed E-state index contributed by atoms with van der Waals surface area (Å²) < 4.78 is 0. The highest BCUT2D eigenvalue weighted by atomic mass is 16.2. The average Bonchev–Trinajstić information content (AvgIpc) is 2.33. The van der Waals surface area contributed by atoms with E-state index in [0.29, 0.717) is 6.04 Å². The molecule has 1 atom stereocenters. The number of amides is 2. The van der Waals surface area contributed by atoms with Crippen LogP contribution in [0.5, 0.6) is 0 Å². The Morgan fingerprint density at radius 3 is 2.76 bits per heavy atom. The van der Waals surface area contributed by atoms with E-state index in [9.17, 15) is 9.59 Å². The molecule has 2 amide bonds. The first-order valence-electron chi connectivity index (χ1n) is 6.33. The van der Waals surface area contributed by atoms with Gasteiger partial charge in [-0.3, -0.25) is 9.59 Å². The molecule has 1 rings (SSSR count). The Hall–Kier alpha value is -1.10. The Balaban J connectivity index is 2.45. The van der Waals surface area contributed by atoms with Crippen molar-refractivity contribution in [2.75, 3.05) is 26.7 Å². The Bertz CT molecular complexity index is 268. The molecule has 0 bridgehead atoms. The fraction of sp³-hybridized carbons (Fsp3) is 0.833. The van der Waals surface area contributed by atoms with Crippen LogP contribution in [0.4, 0.5) is 0 Å². The lowest BCUT2D eigenvalue weighted by Gasteiger charge is -2.36. The number of nitrogens with zero attached hydrogens (tertiary/aromatic N) is 1. The SMILES string of the molecule is CNCCC1CCCCN1C(=O)CNC(C)=O. The maximum Gasteiger partial charge on any atom is 0.242 e. The molecule has 17 heavy (non-hydrogen) atoms. The van der Waals surface area contributed by atoms with E-state index in [1.54, 1.807) is 0 Å². The number of hydrogen-bond acceptors (Lipinski definition) is 3. The summed E-state index contributed by atoms with van der Waals surface area (Å²) in [7, 11) is 1.92. The molecule has 1 fully saturated rings. The summed E-state index contributed by atoms with van der Waals surface area (Å²) in [5.41, 5.74) is 0. The second kappa shape index (κ2) is 7.27. The number of hydrogen-bond donors (Lipinski definition) is 2. The molecule has 2 N–H and O–H groups in total. The molecular weight excluding hydrogens is 218 g/mol. The molecule has 0 saturated carbocycles. The molecule has 0 aromatic rings. The predicted molar refractivity (Wildman–Crippen MR) is 66.6 cm³/mol. The van der Waals surface area contributed by atoms with Gasteiger partial charge in [-0.15, -0.1) is 0 Å². The van der Waals surface area contributed by atoms with E-state index < -0.39 is 0 Å². The smallest absolute Gasteiger partial charge is 0.242 e. The van der Waals surface area contributed by atoms with E-state index in [0.717, 1.165) is 32.4 Å². The highest BCUT2D eigenvalue weighted by Gasteiger charge is 2.25. The van der Waals surface area contributed by atoms with Gasteiger partial charge in [-0.05, 0) is 39.3 Å². The second-order valence-electron chi connectivity index (χ2n) is 4.54. The summed E-state index contributed by atoms with van der Waals surface area (Å²) in [6, 6.07) is 0.331. The molecule has 5 heteroatoms. The maximum atomic E-state index is 12.0. The summed E-state index contributed by atoms with van der Waals surface area (Å²) in [5, 5.41) is 5.69. The molecule has 1 aliphatic rings. The van der Waals surface area contributed by atoms with Crippen molar-refractivity contribution in [3.05, 3.63) is 0 Å². The lowest BCUT2D eigenvalue weighted by molar-refractivity contribution is -0.135. The van der Waals surface area contributed by atoms with E-state index in [4.69, 9.17) is 0 Å². The third kappa shape index (κ3) is 4.73. The summed E-state index contributed by atoms with van der Waals surface area (Å²) in [6.45, 7) is 3.31. The van der Waals surface area contributed by atoms with Crippen molar-refractivity contribution in [3.8, 4) is 0 Å². The van der Waals surface area contributed by atoms with Crippen molar-refractivity contribution < 1.29 is 9.59 Å². The van der Waals surface area contributed by atoms with Gasteiger partial charge in [-0.25, -0.2) is 0 Å². The van der Waals surface area contributed by atoms with Crippen LogP contribution in [-0.2, 0) is 9.59 Å². The third-order valence-corrected chi connectivity index (χ3v) is 3.16. The van der Waals surface area contributed by atoms with Crippen LogP contribution >= 0.6 is 0 Å². The lowest BCUT2D eigenvalue weighted by atomic mass is 9.99. The van der Waals surface area contributed by atoms with Gasteiger partial charge in [-0.2, -0.15) is 0 Å². The van der Waals surface area contributed by atoms with Gasteiger partial charge in [0.25, 0.3) is 0 Å². The first-order valence-corrected chi connectivity index (χ1v) is 6.33. The van der Waals surface area contributed by atoms with Gasteiger partial charge >= 0.3 is 0 Å². The summed E-state index contributed by atoms with van der Waals surface area (Å²) in [5.74, 6) is -0.108. The van der Waals surface area contributed by atoms with Gasteiger partial charge in [-0.1, -0.05) is 0 Å². The van der Waals surface area contributed by atoms with Gasteiger partial charge in [0.2, 0.25) is 11.8 Å². The Labute approximate surface area is 103 Å². The van der Waals surface area contributed by atoms with Crippen molar-refractivity contribution in [3.63, 3.8) is 0 Å². The zero-order valence-electron chi connectivity index (χ0n) is 10.8. The fourth-order valence-electron chi connectivity index (χ4n) is 2.24. The van der Waals surface area contributed by atoms with Crippen LogP contribution in [0.2, 0.25) is 0 Å². The molecule has 0 aromatic carbocycles. The van der Waals surface area contributed by atoms with Crippen LogP contribution in [0.15, 0.2) is 0 Å². The molecule has 0 radical (unpaired) electrons. The monoisotopic (exact) mass is 241 g/mol. The molecule has 1 saturated heterocycles. The van der Waals surface area contributed by atoms with Gasteiger partial charge < -0.3 is 15.5 Å². The molecule has 98 valence electrons. The standard InChI is InChI=1S/C12H23N3O2/c1-10(16)14-9-12(17)15-8-4-3-5-11(15)6-7-13-2/h11,13H,3-9H2,1-2H3,(H,14,16). The van der Waals surface area contributed by atoms with Gasteiger partial charge in [0.1, 0.15) is 0 Å². The molecule has 0 aliphatic carbocycles. The van der Waals surface area contributed by atoms with Gasteiger partial charge in [0.15, 0.2) is 0 Å². The molecule has 1 heterocycles. The molecule has 0 aromatic heterocycles. The predicted octanol–water partition coefficient (Wildman–Crippen LogP) is 0.113. The Morgan fingerprint density at radius 2 is 2.12 bits per heavy atom. The van der Waals surface area contributed by atoms with Crippen LogP contribution < -0.4 is 10.6 Å². The van der Waals surface area contributed by atoms with Crippen molar-refractivity contribution in [2.45, 2.75) is 38.6 Å². The van der Waals surface area contributed by atoms with Crippen molar-refractivity contribution in [2.24, 2.45) is 0 Å². The van der Waals surface area contributed by atoms with Crippen molar-refractivity contribution in [1.82, 2.24) is 15.5 Å². The number of nitrogens with one attached hydrogen (secondary N) is 2. The lowest BCUT2D eigenvalue weighted by Crippen LogP contribution is -2.48. The highest BCUT2D eigenvalue weighted by molar-refractivity contribution is 5.83. The van der Waals surface area contributed by atoms with Crippen LogP contribution in [0.25, 0.3) is 0 Å². The highest BCUT2D eigenvalue weighted by Crippen LogP contribution is 2.19. The quantitative estimate of drug-likeness (QED) is 0.718. The Kier molecular flexibility index (Phi) is 5.97. The third-order valence-electron chi connectivity index (χ3n) is 3.16. The normalized spacial score (nSPS) is 20.1. The number of carbonyl (C=O) groups excluding carboxylic acids is 2. The average molecular weight is 241 g/mol. The summed E-state index contributed by atoms with van der Waals surface area (Å²) in [6.07, 6.45) is 4.33. The van der Waals surface area contributed by atoms with Crippen LogP contribution in [0.1, 0.15) is 32.6 Å². The molecule has 0 spiro atoms. The number of rotatable bonds is 5. The number of piperidine rings is 1. The number of carbonyl (C=O) groups is 2. The first kappa shape index (κ1) is 14.0. The largest absolute Gasteiger partial charge is 0.347 e. The maximum absolute atomic E-state index is 12.0. The fourth-order valence-corrected chi connectivity index (χ4v) is 2.24. The van der Waals surface area contributed by atoms with Crippen LogP contribution in [0, 0.1) is 0 Å². The van der Waals surface area contributed by atoms with Crippen LogP contribution in [-0.4, -0.2) is 49.4 Å². The minimum Gasteiger partial charge on any atom is -0.347 e. The van der Waals surface area contributed by atoms with Crippen LogP contribution in [0.3, 0.4) is 0 Å². The second-order valence-corrected chi connectivity index (χ2v) is 4.54. The Morgan fingerprint density at radius 1 is 1.35 bits per heavy atom. The van der Waals surface area contributed by atoms with E-state index in [1.165, 1.54) is 13.3 Å². The summed E-state index contributed by atoms with van der Waals surface area (Å²) >= 11 is 0. The molecule has 1 aliphatic heterocycles. The zero-order valence-corrected chi connectivity index (χ0v) is 10.8. The minimum atomic E-state index is -0.151. The van der Waals surface area contributed by atoms with E-state index in [2.05, 4.69) is 10.6 Å². The van der Waals surface area contributed by atoms with Crippen molar-refractivity contribution in [1.29, 1.82) is 0 Å².